The lowest BCUT2D eigenvalue weighted by molar-refractivity contribution is 0.275. The molecule has 126 valence electrons. The Hall–Kier alpha value is -0.890. The molecule has 0 radical (unpaired) electrons. The van der Waals surface area contributed by atoms with Crippen LogP contribution >= 0.6 is 12.2 Å². The normalized spacial score (nSPS) is 27.0. The summed E-state index contributed by atoms with van der Waals surface area (Å²) in [5, 5.41) is 0. The minimum absolute atomic E-state index is 0.629. The molecule has 0 spiro atoms. The van der Waals surface area contributed by atoms with Gasteiger partial charge in [0.15, 0.2) is 0 Å². The molecule has 1 nitrogen and oxygen atoms in total. The Labute approximate surface area is 147 Å². The molecule has 23 heavy (non-hydrogen) atoms. The van der Waals surface area contributed by atoms with E-state index in [1.165, 1.54) is 61.9 Å². The first-order valence-electron chi connectivity index (χ1n) is 9.63. The predicted octanol–water partition coefficient (Wildman–Crippen LogP) is 5.80. The van der Waals surface area contributed by atoms with Gasteiger partial charge in [0, 0.05) is 19.0 Å². The zero-order valence-electron chi connectivity index (χ0n) is 14.5. The third-order valence-corrected chi connectivity index (χ3v) is 6.46. The van der Waals surface area contributed by atoms with Gasteiger partial charge in [-0.1, -0.05) is 68.7 Å². The Balaban J connectivity index is 1.81. The number of hydrogen-bond acceptors (Lipinski definition) is 1. The highest BCUT2D eigenvalue weighted by Gasteiger charge is 2.34. The van der Waals surface area contributed by atoms with Crippen molar-refractivity contribution in [1.29, 1.82) is 0 Å². The Morgan fingerprint density at radius 3 is 2.48 bits per heavy atom. The van der Waals surface area contributed by atoms with E-state index >= 15 is 0 Å². The van der Waals surface area contributed by atoms with E-state index in [9.17, 15) is 0 Å². The number of benzene rings is 1. The number of thiocarbonyl (C=S) groups is 1. The van der Waals surface area contributed by atoms with Gasteiger partial charge in [-0.15, -0.1) is 0 Å². The van der Waals surface area contributed by atoms with Gasteiger partial charge in [0.1, 0.15) is 0 Å². The summed E-state index contributed by atoms with van der Waals surface area (Å²) in [4.78, 5) is 3.83. The Kier molecular flexibility index (Phi) is 6.10. The average Bonchev–Trinajstić information content (AvgIpc) is 2.77. The highest BCUT2D eigenvalue weighted by Crippen LogP contribution is 2.40. The van der Waals surface area contributed by atoms with Crippen LogP contribution < -0.4 is 0 Å². The van der Waals surface area contributed by atoms with Gasteiger partial charge in [0.05, 0.1) is 4.99 Å². The molecule has 1 heterocycles. The molecule has 2 aliphatic rings. The van der Waals surface area contributed by atoms with Crippen LogP contribution in [-0.4, -0.2) is 23.0 Å². The van der Waals surface area contributed by atoms with Crippen LogP contribution in [-0.2, 0) is 0 Å². The monoisotopic (exact) mass is 329 g/mol. The molecule has 0 aromatic heterocycles. The fraction of sp³-hybridized carbons (Fsp3) is 0.667. The van der Waals surface area contributed by atoms with Crippen molar-refractivity contribution in [2.75, 3.05) is 13.1 Å². The zero-order chi connectivity index (χ0) is 16.1. The second kappa shape index (κ2) is 8.28. The predicted molar refractivity (Wildman–Crippen MR) is 103 cm³/mol. The van der Waals surface area contributed by atoms with Crippen LogP contribution in [0.5, 0.6) is 0 Å². The minimum Gasteiger partial charge on any atom is -0.366 e. The van der Waals surface area contributed by atoms with Crippen molar-refractivity contribution in [2.45, 2.75) is 64.2 Å². The molecule has 1 saturated heterocycles. The molecule has 1 aliphatic carbocycles. The number of nitrogens with zero attached hydrogens (tertiary/aromatic N) is 1. The van der Waals surface area contributed by atoms with E-state index in [4.69, 9.17) is 12.2 Å². The average molecular weight is 330 g/mol. The Morgan fingerprint density at radius 1 is 1.04 bits per heavy atom. The summed E-state index contributed by atoms with van der Waals surface area (Å²) in [5.41, 5.74) is 1.52. The van der Waals surface area contributed by atoms with Crippen LogP contribution in [0, 0.1) is 11.8 Å². The lowest BCUT2D eigenvalue weighted by Gasteiger charge is -2.34. The summed E-state index contributed by atoms with van der Waals surface area (Å²) in [6.07, 6.45) is 10.8. The maximum atomic E-state index is 6.01. The van der Waals surface area contributed by atoms with Crippen LogP contribution in [0.1, 0.15) is 69.8 Å². The second-order valence-electron chi connectivity index (χ2n) is 7.46. The van der Waals surface area contributed by atoms with Gasteiger partial charge >= 0.3 is 0 Å². The van der Waals surface area contributed by atoms with E-state index in [1.54, 1.807) is 0 Å². The maximum absolute atomic E-state index is 6.01. The summed E-state index contributed by atoms with van der Waals surface area (Å²) in [6.45, 7) is 4.57. The van der Waals surface area contributed by atoms with E-state index in [2.05, 4.69) is 42.2 Å². The molecule has 2 atom stereocenters. The van der Waals surface area contributed by atoms with Gasteiger partial charge < -0.3 is 4.90 Å². The highest BCUT2D eigenvalue weighted by molar-refractivity contribution is 7.80. The third kappa shape index (κ3) is 4.15. The van der Waals surface area contributed by atoms with E-state index in [-0.39, 0.29) is 0 Å². The fourth-order valence-corrected chi connectivity index (χ4v) is 5.10. The van der Waals surface area contributed by atoms with E-state index in [0.717, 1.165) is 19.0 Å². The summed E-state index contributed by atoms with van der Waals surface area (Å²) in [7, 11) is 0. The molecule has 2 heteroatoms. The molecular weight excluding hydrogens is 298 g/mol. The topological polar surface area (TPSA) is 3.24 Å². The van der Waals surface area contributed by atoms with Crippen molar-refractivity contribution < 1.29 is 0 Å². The third-order valence-electron chi connectivity index (χ3n) is 5.90. The van der Waals surface area contributed by atoms with Gasteiger partial charge in [-0.05, 0) is 49.5 Å². The molecule has 0 N–H and O–H groups in total. The smallest absolute Gasteiger partial charge is 0.0813 e. The number of hydrogen-bond donors (Lipinski definition) is 0. The number of rotatable bonds is 4. The molecule has 1 aliphatic heterocycles. The summed E-state index contributed by atoms with van der Waals surface area (Å²) >= 11 is 6.01. The summed E-state index contributed by atoms with van der Waals surface area (Å²) in [5.74, 6) is 2.15. The SMILES string of the molecule is CCCN1CCC(c2ccccc2)CC(C2CCCCC2)C1=S. The molecule has 1 aromatic carbocycles. The Morgan fingerprint density at radius 2 is 1.78 bits per heavy atom. The maximum Gasteiger partial charge on any atom is 0.0813 e. The van der Waals surface area contributed by atoms with Crippen molar-refractivity contribution in [1.82, 2.24) is 4.90 Å². The van der Waals surface area contributed by atoms with E-state index in [0.29, 0.717) is 11.8 Å². The van der Waals surface area contributed by atoms with Crippen LogP contribution in [0.15, 0.2) is 30.3 Å². The molecular formula is C21H31NS. The quantitative estimate of drug-likeness (QED) is 0.642. The van der Waals surface area contributed by atoms with Crippen LogP contribution in [0.3, 0.4) is 0 Å². The van der Waals surface area contributed by atoms with E-state index < -0.39 is 0 Å². The first-order chi connectivity index (χ1) is 11.3. The van der Waals surface area contributed by atoms with Crippen LogP contribution in [0.25, 0.3) is 0 Å². The van der Waals surface area contributed by atoms with Crippen LogP contribution in [0.4, 0.5) is 0 Å². The van der Waals surface area contributed by atoms with Crippen molar-refractivity contribution in [3.8, 4) is 0 Å². The standard InChI is InChI=1S/C21H31NS/c1-2-14-22-15-13-19(17-9-5-3-6-10-17)16-20(21(22)23)18-11-7-4-8-12-18/h3,5-6,9-10,18-20H,2,4,7-8,11-16H2,1H3. The summed E-state index contributed by atoms with van der Waals surface area (Å²) in [6, 6.07) is 11.2. The molecule has 0 bridgehead atoms. The lowest BCUT2D eigenvalue weighted by atomic mass is 9.75. The first kappa shape index (κ1) is 17.0. The fourth-order valence-electron chi connectivity index (χ4n) is 4.63. The number of likely N-dealkylation sites (tertiary alicyclic amines) is 1. The molecule has 1 aromatic rings. The lowest BCUT2D eigenvalue weighted by Crippen LogP contribution is -2.37. The second-order valence-corrected chi connectivity index (χ2v) is 7.88. The van der Waals surface area contributed by atoms with Crippen molar-refractivity contribution in [2.24, 2.45) is 11.8 Å². The molecule has 2 fully saturated rings. The van der Waals surface area contributed by atoms with Crippen molar-refractivity contribution in [3.05, 3.63) is 35.9 Å². The van der Waals surface area contributed by atoms with E-state index in [1.807, 2.05) is 0 Å². The largest absolute Gasteiger partial charge is 0.366 e. The van der Waals surface area contributed by atoms with Gasteiger partial charge in [-0.3, -0.25) is 0 Å². The van der Waals surface area contributed by atoms with Crippen molar-refractivity contribution >= 4 is 17.2 Å². The van der Waals surface area contributed by atoms with Gasteiger partial charge in [-0.2, -0.15) is 0 Å². The van der Waals surface area contributed by atoms with Gasteiger partial charge in [0.25, 0.3) is 0 Å². The highest BCUT2D eigenvalue weighted by atomic mass is 32.1. The van der Waals surface area contributed by atoms with Gasteiger partial charge in [0.2, 0.25) is 0 Å². The van der Waals surface area contributed by atoms with Gasteiger partial charge in [-0.25, -0.2) is 0 Å². The molecule has 2 unspecified atom stereocenters. The summed E-state index contributed by atoms with van der Waals surface area (Å²) < 4.78 is 0. The van der Waals surface area contributed by atoms with Crippen molar-refractivity contribution in [3.63, 3.8) is 0 Å². The molecule has 3 rings (SSSR count). The minimum atomic E-state index is 0.629. The Bertz CT molecular complexity index is 492. The molecule has 0 amide bonds. The molecule has 1 saturated carbocycles. The zero-order valence-corrected chi connectivity index (χ0v) is 15.4. The first-order valence-corrected chi connectivity index (χ1v) is 10.0. The van der Waals surface area contributed by atoms with Crippen LogP contribution in [0.2, 0.25) is 0 Å².